The van der Waals surface area contributed by atoms with Crippen LogP contribution in [0.25, 0.3) is 0 Å². The van der Waals surface area contributed by atoms with Gasteiger partial charge in [-0.05, 0) is 23.6 Å². The van der Waals surface area contributed by atoms with Crippen molar-refractivity contribution in [1.29, 1.82) is 0 Å². The monoisotopic (exact) mass is 286 g/mol. The van der Waals surface area contributed by atoms with Crippen molar-refractivity contribution in [2.45, 2.75) is 27.0 Å². The van der Waals surface area contributed by atoms with Gasteiger partial charge < -0.3 is 15.8 Å². The van der Waals surface area contributed by atoms with Gasteiger partial charge in [0.25, 0.3) is 0 Å². The molecule has 0 heterocycles. The number of amides is 1. The lowest BCUT2D eigenvalue weighted by atomic mass is 9.95. The molecule has 0 fully saturated rings. The van der Waals surface area contributed by atoms with E-state index in [4.69, 9.17) is 5.73 Å². The number of ether oxygens (including phenoxy) is 1. The largest absolute Gasteiger partial charge is 0.435 e. The molecule has 0 aromatic heterocycles. The van der Waals surface area contributed by atoms with Gasteiger partial charge in [-0.3, -0.25) is 4.79 Å². The van der Waals surface area contributed by atoms with Gasteiger partial charge in [-0.1, -0.05) is 26.0 Å². The Hall–Kier alpha value is -1.69. The minimum atomic E-state index is -2.84. The standard InChI is InChI=1S/C14H20F2N2O2/c1-9(2)12(7-17)13(19)18-8-10-3-5-11(6-4-10)20-14(15)16/h3-6,9,12,14H,7-8,17H2,1-2H3,(H,18,19). The molecule has 1 rings (SSSR count). The van der Waals surface area contributed by atoms with Crippen LogP contribution in [0.4, 0.5) is 8.78 Å². The minimum Gasteiger partial charge on any atom is -0.435 e. The van der Waals surface area contributed by atoms with Crippen molar-refractivity contribution in [3.05, 3.63) is 29.8 Å². The molecule has 0 spiro atoms. The van der Waals surface area contributed by atoms with Crippen LogP contribution < -0.4 is 15.8 Å². The van der Waals surface area contributed by atoms with Crippen LogP contribution in [-0.2, 0) is 11.3 Å². The van der Waals surface area contributed by atoms with E-state index in [1.165, 1.54) is 12.1 Å². The lowest BCUT2D eigenvalue weighted by Crippen LogP contribution is -2.37. The summed E-state index contributed by atoms with van der Waals surface area (Å²) in [5.41, 5.74) is 6.37. The predicted octanol–water partition coefficient (Wildman–Crippen LogP) is 2.14. The highest BCUT2D eigenvalue weighted by molar-refractivity contribution is 5.79. The van der Waals surface area contributed by atoms with Crippen LogP contribution in [-0.4, -0.2) is 19.1 Å². The third-order valence-corrected chi connectivity index (χ3v) is 3.01. The maximum atomic E-state index is 12.0. The Labute approximate surface area is 117 Å². The highest BCUT2D eigenvalue weighted by Crippen LogP contribution is 2.15. The summed E-state index contributed by atoms with van der Waals surface area (Å²) in [6, 6.07) is 6.14. The molecule has 1 aromatic carbocycles. The van der Waals surface area contributed by atoms with E-state index in [2.05, 4.69) is 10.1 Å². The lowest BCUT2D eigenvalue weighted by Gasteiger charge is -2.18. The zero-order chi connectivity index (χ0) is 15.1. The Balaban J connectivity index is 2.51. The fourth-order valence-corrected chi connectivity index (χ4v) is 1.79. The number of carbonyl (C=O) groups excluding carboxylic acids is 1. The molecule has 0 bridgehead atoms. The second-order valence-electron chi connectivity index (χ2n) is 4.83. The van der Waals surface area contributed by atoms with Crippen molar-refractivity contribution >= 4 is 5.91 Å². The molecule has 0 saturated carbocycles. The van der Waals surface area contributed by atoms with Crippen molar-refractivity contribution in [3.8, 4) is 5.75 Å². The van der Waals surface area contributed by atoms with E-state index in [0.717, 1.165) is 5.56 Å². The van der Waals surface area contributed by atoms with Crippen LogP contribution in [0, 0.1) is 11.8 Å². The molecule has 1 atom stereocenters. The lowest BCUT2D eigenvalue weighted by molar-refractivity contribution is -0.126. The molecule has 112 valence electrons. The molecule has 0 aliphatic carbocycles. The summed E-state index contributed by atoms with van der Waals surface area (Å²) in [5, 5.41) is 2.78. The molecule has 4 nitrogen and oxygen atoms in total. The van der Waals surface area contributed by atoms with Gasteiger partial charge in [0.05, 0.1) is 5.92 Å². The average Bonchev–Trinajstić information content (AvgIpc) is 2.37. The Morgan fingerprint density at radius 1 is 1.30 bits per heavy atom. The van der Waals surface area contributed by atoms with Gasteiger partial charge in [-0.15, -0.1) is 0 Å². The third-order valence-electron chi connectivity index (χ3n) is 3.01. The number of nitrogens with two attached hydrogens (primary N) is 1. The first-order chi connectivity index (χ1) is 9.43. The van der Waals surface area contributed by atoms with E-state index < -0.39 is 6.61 Å². The number of alkyl halides is 2. The normalized spacial score (nSPS) is 12.6. The number of rotatable bonds is 7. The Kier molecular flexibility index (Phi) is 6.38. The van der Waals surface area contributed by atoms with Crippen molar-refractivity contribution in [1.82, 2.24) is 5.32 Å². The summed E-state index contributed by atoms with van der Waals surface area (Å²) < 4.78 is 28.2. The molecule has 0 saturated heterocycles. The first kappa shape index (κ1) is 16.4. The first-order valence-corrected chi connectivity index (χ1v) is 6.45. The molecule has 0 aliphatic rings. The molecule has 1 aromatic rings. The van der Waals surface area contributed by atoms with Gasteiger partial charge in [-0.2, -0.15) is 8.78 Å². The molecule has 3 N–H and O–H groups in total. The van der Waals surface area contributed by atoms with Crippen LogP contribution >= 0.6 is 0 Å². The predicted molar refractivity (Wildman–Crippen MR) is 72.3 cm³/mol. The third kappa shape index (κ3) is 5.13. The van der Waals surface area contributed by atoms with Crippen molar-refractivity contribution in [3.63, 3.8) is 0 Å². The van der Waals surface area contributed by atoms with Gasteiger partial charge in [0.1, 0.15) is 5.75 Å². The topological polar surface area (TPSA) is 64.4 Å². The molecule has 1 amide bonds. The van der Waals surface area contributed by atoms with Crippen LogP contribution in [0.1, 0.15) is 19.4 Å². The Morgan fingerprint density at radius 3 is 2.35 bits per heavy atom. The second kappa shape index (κ2) is 7.79. The van der Waals surface area contributed by atoms with Crippen LogP contribution in [0.3, 0.4) is 0 Å². The summed E-state index contributed by atoms with van der Waals surface area (Å²) in [4.78, 5) is 11.9. The molecule has 0 aliphatic heterocycles. The summed E-state index contributed by atoms with van der Waals surface area (Å²) in [6.45, 7) is 1.67. The molecule has 6 heteroatoms. The van der Waals surface area contributed by atoms with Crippen LogP contribution in [0.15, 0.2) is 24.3 Å². The van der Waals surface area contributed by atoms with Gasteiger partial charge >= 0.3 is 6.61 Å². The maximum Gasteiger partial charge on any atom is 0.387 e. The molecule has 20 heavy (non-hydrogen) atoms. The highest BCUT2D eigenvalue weighted by atomic mass is 19.3. The maximum absolute atomic E-state index is 12.0. The summed E-state index contributed by atoms with van der Waals surface area (Å²) in [7, 11) is 0. The molecule has 0 radical (unpaired) electrons. The van der Waals surface area contributed by atoms with E-state index >= 15 is 0 Å². The van der Waals surface area contributed by atoms with E-state index in [1.54, 1.807) is 12.1 Å². The quantitative estimate of drug-likeness (QED) is 0.807. The number of nitrogens with one attached hydrogen (secondary N) is 1. The van der Waals surface area contributed by atoms with Gasteiger partial charge in [-0.25, -0.2) is 0 Å². The zero-order valence-corrected chi connectivity index (χ0v) is 11.6. The van der Waals surface area contributed by atoms with Gasteiger partial charge in [0.2, 0.25) is 5.91 Å². The summed E-state index contributed by atoms with van der Waals surface area (Å²) >= 11 is 0. The van der Waals surface area contributed by atoms with E-state index in [0.29, 0.717) is 13.1 Å². The summed E-state index contributed by atoms with van der Waals surface area (Å²) in [5.74, 6) is -0.0641. The molecular formula is C14H20F2N2O2. The zero-order valence-electron chi connectivity index (χ0n) is 11.6. The van der Waals surface area contributed by atoms with Crippen molar-refractivity contribution in [2.75, 3.05) is 6.54 Å². The Bertz CT molecular complexity index is 422. The molecule has 1 unspecified atom stereocenters. The van der Waals surface area contributed by atoms with Crippen LogP contribution in [0.5, 0.6) is 5.75 Å². The first-order valence-electron chi connectivity index (χ1n) is 6.45. The van der Waals surface area contributed by atoms with Gasteiger partial charge in [0, 0.05) is 13.1 Å². The smallest absolute Gasteiger partial charge is 0.387 e. The van der Waals surface area contributed by atoms with E-state index in [9.17, 15) is 13.6 Å². The average molecular weight is 286 g/mol. The van der Waals surface area contributed by atoms with E-state index in [-0.39, 0.29) is 23.5 Å². The summed E-state index contributed by atoms with van der Waals surface area (Å²) in [6.07, 6.45) is 0. The number of benzene rings is 1. The second-order valence-corrected chi connectivity index (χ2v) is 4.83. The van der Waals surface area contributed by atoms with Crippen LogP contribution in [0.2, 0.25) is 0 Å². The number of halogens is 2. The van der Waals surface area contributed by atoms with Crippen molar-refractivity contribution < 1.29 is 18.3 Å². The fraction of sp³-hybridized carbons (Fsp3) is 0.500. The number of hydrogen-bond acceptors (Lipinski definition) is 3. The highest BCUT2D eigenvalue weighted by Gasteiger charge is 2.19. The van der Waals surface area contributed by atoms with E-state index in [1.807, 2.05) is 13.8 Å². The number of hydrogen-bond donors (Lipinski definition) is 2. The minimum absolute atomic E-state index is 0.0945. The molecular weight excluding hydrogens is 266 g/mol. The Morgan fingerprint density at radius 2 is 1.90 bits per heavy atom. The SMILES string of the molecule is CC(C)C(CN)C(=O)NCc1ccc(OC(F)F)cc1. The number of carbonyl (C=O) groups is 1. The fourth-order valence-electron chi connectivity index (χ4n) is 1.79. The van der Waals surface area contributed by atoms with Crippen molar-refractivity contribution in [2.24, 2.45) is 17.6 Å². The van der Waals surface area contributed by atoms with Gasteiger partial charge in [0.15, 0.2) is 0 Å².